The molecule has 2 aromatic rings. The Morgan fingerprint density at radius 1 is 1.64 bits per heavy atom. The molecule has 0 aliphatic carbocycles. The smallest absolute Gasteiger partial charge is 0.271 e. The molecule has 0 aromatic carbocycles. The number of carbonyl (C=O) groups excluding carboxylic acids is 1. The van der Waals surface area contributed by atoms with E-state index in [4.69, 9.17) is 0 Å². The highest BCUT2D eigenvalue weighted by atomic mass is 32.1. The van der Waals surface area contributed by atoms with Crippen LogP contribution in [0.1, 0.15) is 16.2 Å². The summed E-state index contributed by atoms with van der Waals surface area (Å²) in [5, 5.41) is 8.02. The molecule has 6 heteroatoms. The third-order valence-corrected chi connectivity index (χ3v) is 2.17. The first-order valence-electron chi connectivity index (χ1n) is 3.92. The van der Waals surface area contributed by atoms with Crippen LogP contribution in [-0.2, 0) is 6.54 Å². The van der Waals surface area contributed by atoms with E-state index in [0.717, 1.165) is 0 Å². The predicted molar refractivity (Wildman–Crippen MR) is 49.8 cm³/mol. The standard InChI is InChI=1S/C8H7N3O2S/c12-8(7-4-14-5-10-7)9-3-6-1-2-13-11-6/h1-2,4-5H,3H2,(H,9,12). The monoisotopic (exact) mass is 209 g/mol. The highest BCUT2D eigenvalue weighted by Crippen LogP contribution is 2.01. The summed E-state index contributed by atoms with van der Waals surface area (Å²) in [4.78, 5) is 15.3. The van der Waals surface area contributed by atoms with Crippen molar-refractivity contribution < 1.29 is 9.32 Å². The summed E-state index contributed by atoms with van der Waals surface area (Å²) < 4.78 is 4.62. The minimum absolute atomic E-state index is 0.200. The van der Waals surface area contributed by atoms with Gasteiger partial charge in [-0.2, -0.15) is 0 Å². The van der Waals surface area contributed by atoms with Gasteiger partial charge in [0.05, 0.1) is 12.1 Å². The van der Waals surface area contributed by atoms with E-state index in [-0.39, 0.29) is 5.91 Å². The Labute approximate surface area is 83.8 Å². The van der Waals surface area contributed by atoms with Crippen molar-refractivity contribution in [3.05, 3.63) is 34.6 Å². The Balaban J connectivity index is 1.90. The van der Waals surface area contributed by atoms with Gasteiger partial charge >= 0.3 is 0 Å². The van der Waals surface area contributed by atoms with Crippen LogP contribution in [0.15, 0.2) is 27.7 Å². The van der Waals surface area contributed by atoms with Crippen LogP contribution in [0, 0.1) is 0 Å². The summed E-state index contributed by atoms with van der Waals surface area (Å²) >= 11 is 1.39. The Kier molecular flexibility index (Phi) is 2.55. The first-order chi connectivity index (χ1) is 6.86. The van der Waals surface area contributed by atoms with Crippen LogP contribution in [0.25, 0.3) is 0 Å². The molecule has 1 amide bonds. The predicted octanol–water partition coefficient (Wildman–Crippen LogP) is 1.06. The average Bonchev–Trinajstić information content (AvgIpc) is 2.87. The van der Waals surface area contributed by atoms with Crippen molar-refractivity contribution in [3.63, 3.8) is 0 Å². The van der Waals surface area contributed by atoms with Gasteiger partial charge in [-0.15, -0.1) is 11.3 Å². The van der Waals surface area contributed by atoms with E-state index < -0.39 is 0 Å². The second kappa shape index (κ2) is 4.01. The summed E-state index contributed by atoms with van der Waals surface area (Å²) in [6.45, 7) is 0.354. The lowest BCUT2D eigenvalue weighted by molar-refractivity contribution is 0.0946. The third-order valence-electron chi connectivity index (χ3n) is 1.59. The van der Waals surface area contributed by atoms with E-state index >= 15 is 0 Å². The molecule has 0 bridgehead atoms. The Hall–Kier alpha value is -1.69. The maximum atomic E-state index is 11.4. The fourth-order valence-corrected chi connectivity index (χ4v) is 1.45. The van der Waals surface area contributed by atoms with Gasteiger partial charge < -0.3 is 9.84 Å². The van der Waals surface area contributed by atoms with Gasteiger partial charge in [0.2, 0.25) is 0 Å². The molecule has 2 aromatic heterocycles. The van der Waals surface area contributed by atoms with Crippen molar-refractivity contribution in [3.8, 4) is 0 Å². The van der Waals surface area contributed by atoms with Crippen molar-refractivity contribution in [2.45, 2.75) is 6.54 Å². The number of carbonyl (C=O) groups is 1. The molecular weight excluding hydrogens is 202 g/mol. The molecule has 0 spiro atoms. The Morgan fingerprint density at radius 2 is 2.57 bits per heavy atom. The zero-order chi connectivity index (χ0) is 9.80. The molecule has 5 nitrogen and oxygen atoms in total. The molecule has 2 heterocycles. The molecule has 0 unspecified atom stereocenters. The van der Waals surface area contributed by atoms with Gasteiger partial charge in [-0.25, -0.2) is 4.98 Å². The first kappa shape index (κ1) is 8.89. The SMILES string of the molecule is O=C(NCc1ccon1)c1cscn1. The van der Waals surface area contributed by atoms with E-state index in [1.165, 1.54) is 17.6 Å². The minimum Gasteiger partial charge on any atom is -0.364 e. The number of aromatic nitrogens is 2. The summed E-state index contributed by atoms with van der Waals surface area (Å²) in [6.07, 6.45) is 1.46. The van der Waals surface area contributed by atoms with Crippen LogP contribution in [0.5, 0.6) is 0 Å². The molecule has 0 saturated carbocycles. The zero-order valence-electron chi connectivity index (χ0n) is 7.14. The molecule has 0 fully saturated rings. The topological polar surface area (TPSA) is 68.0 Å². The zero-order valence-corrected chi connectivity index (χ0v) is 7.95. The van der Waals surface area contributed by atoms with E-state index in [9.17, 15) is 4.79 Å². The molecule has 0 saturated heterocycles. The number of hydrogen-bond acceptors (Lipinski definition) is 5. The highest BCUT2D eigenvalue weighted by Gasteiger charge is 2.07. The number of amides is 1. The lowest BCUT2D eigenvalue weighted by atomic mass is 10.4. The number of thiazole rings is 1. The van der Waals surface area contributed by atoms with Gasteiger partial charge in [0.25, 0.3) is 5.91 Å². The minimum atomic E-state index is -0.200. The number of hydrogen-bond donors (Lipinski definition) is 1. The van der Waals surface area contributed by atoms with Crippen LogP contribution < -0.4 is 5.32 Å². The summed E-state index contributed by atoms with van der Waals surface area (Å²) in [6, 6.07) is 1.70. The molecule has 1 N–H and O–H groups in total. The van der Waals surface area contributed by atoms with Crippen LogP contribution in [0.4, 0.5) is 0 Å². The van der Waals surface area contributed by atoms with Gasteiger partial charge in [-0.05, 0) is 0 Å². The van der Waals surface area contributed by atoms with Gasteiger partial charge in [0.1, 0.15) is 17.7 Å². The quantitative estimate of drug-likeness (QED) is 0.820. The fourth-order valence-electron chi connectivity index (χ4n) is 0.915. The van der Waals surface area contributed by atoms with Gasteiger partial charge in [0, 0.05) is 11.4 Å². The molecular formula is C8H7N3O2S. The largest absolute Gasteiger partial charge is 0.364 e. The fraction of sp³-hybridized carbons (Fsp3) is 0.125. The maximum Gasteiger partial charge on any atom is 0.271 e. The van der Waals surface area contributed by atoms with E-state index in [0.29, 0.717) is 17.9 Å². The van der Waals surface area contributed by atoms with Gasteiger partial charge in [0.15, 0.2) is 0 Å². The molecule has 72 valence electrons. The summed E-state index contributed by atoms with van der Waals surface area (Å²) in [7, 11) is 0. The Bertz CT molecular complexity index is 396. The van der Waals surface area contributed by atoms with Crippen molar-refractivity contribution in [2.75, 3.05) is 0 Å². The highest BCUT2D eigenvalue weighted by molar-refractivity contribution is 7.07. The van der Waals surface area contributed by atoms with Crippen LogP contribution >= 0.6 is 11.3 Å². The van der Waals surface area contributed by atoms with Crippen molar-refractivity contribution in [1.29, 1.82) is 0 Å². The normalized spacial score (nSPS) is 10.0. The lowest BCUT2D eigenvalue weighted by Gasteiger charge is -1.98. The molecule has 2 rings (SSSR count). The van der Waals surface area contributed by atoms with Crippen molar-refractivity contribution in [2.24, 2.45) is 0 Å². The number of nitrogens with one attached hydrogen (secondary N) is 1. The van der Waals surface area contributed by atoms with Crippen LogP contribution in [0.2, 0.25) is 0 Å². The second-order valence-corrected chi connectivity index (χ2v) is 3.27. The van der Waals surface area contributed by atoms with E-state index in [1.54, 1.807) is 17.0 Å². The average molecular weight is 209 g/mol. The Morgan fingerprint density at radius 3 is 3.21 bits per heavy atom. The van der Waals surface area contributed by atoms with Crippen molar-refractivity contribution >= 4 is 17.2 Å². The third kappa shape index (κ3) is 1.97. The number of nitrogens with zero attached hydrogens (tertiary/aromatic N) is 2. The number of rotatable bonds is 3. The molecule has 0 aliphatic heterocycles. The van der Waals surface area contributed by atoms with Crippen LogP contribution in [-0.4, -0.2) is 16.0 Å². The molecule has 0 radical (unpaired) electrons. The van der Waals surface area contributed by atoms with E-state index in [2.05, 4.69) is 20.0 Å². The van der Waals surface area contributed by atoms with Crippen molar-refractivity contribution in [1.82, 2.24) is 15.5 Å². The maximum absolute atomic E-state index is 11.4. The van der Waals surface area contributed by atoms with Gasteiger partial charge in [-0.3, -0.25) is 4.79 Å². The molecule has 14 heavy (non-hydrogen) atoms. The first-order valence-corrected chi connectivity index (χ1v) is 4.86. The van der Waals surface area contributed by atoms with Crippen LogP contribution in [0.3, 0.4) is 0 Å². The summed E-state index contributed by atoms with van der Waals surface area (Å²) in [5.41, 5.74) is 2.73. The second-order valence-electron chi connectivity index (χ2n) is 2.55. The van der Waals surface area contributed by atoms with E-state index in [1.807, 2.05) is 0 Å². The van der Waals surface area contributed by atoms with Gasteiger partial charge in [-0.1, -0.05) is 5.16 Å². The molecule has 0 atom stereocenters. The molecule has 0 aliphatic rings. The lowest BCUT2D eigenvalue weighted by Crippen LogP contribution is -2.23. The summed E-state index contributed by atoms with van der Waals surface area (Å²) in [5.74, 6) is -0.200.